The van der Waals surface area contributed by atoms with E-state index in [0.29, 0.717) is 5.92 Å². The fourth-order valence-corrected chi connectivity index (χ4v) is 2.98. The maximum absolute atomic E-state index is 12.7. The van der Waals surface area contributed by atoms with Gasteiger partial charge in [-0.2, -0.15) is 13.2 Å². The number of hydrogen-bond donors (Lipinski definition) is 1. The zero-order chi connectivity index (χ0) is 16.2. The van der Waals surface area contributed by atoms with E-state index in [0.717, 1.165) is 31.7 Å². The van der Waals surface area contributed by atoms with E-state index in [9.17, 15) is 13.2 Å². The van der Waals surface area contributed by atoms with Crippen LogP contribution in [0.4, 0.5) is 13.2 Å². The number of benzene rings is 1. The summed E-state index contributed by atoms with van der Waals surface area (Å²) in [6.45, 7) is 7.49. The highest BCUT2D eigenvalue weighted by atomic mass is 19.4. The molecule has 1 aliphatic rings. The number of hydrogen-bond acceptors (Lipinski definition) is 2. The summed E-state index contributed by atoms with van der Waals surface area (Å²) in [5.74, 6) is 0.381. The molecule has 22 heavy (non-hydrogen) atoms. The van der Waals surface area contributed by atoms with Crippen LogP contribution in [0.1, 0.15) is 49.8 Å². The van der Waals surface area contributed by atoms with Crippen LogP contribution in [-0.2, 0) is 0 Å². The van der Waals surface area contributed by atoms with Crippen molar-refractivity contribution < 1.29 is 13.2 Å². The van der Waals surface area contributed by atoms with Gasteiger partial charge in [-0.05, 0) is 23.5 Å². The van der Waals surface area contributed by atoms with Gasteiger partial charge >= 0.3 is 6.18 Å². The maximum Gasteiger partial charge on any atom is 0.389 e. The molecule has 1 saturated heterocycles. The number of alkyl halides is 3. The van der Waals surface area contributed by atoms with Crippen LogP contribution in [0.15, 0.2) is 24.3 Å². The molecule has 0 bridgehead atoms. The van der Waals surface area contributed by atoms with E-state index in [2.05, 4.69) is 30.1 Å². The summed E-state index contributed by atoms with van der Waals surface area (Å²) < 4.78 is 38.0. The minimum Gasteiger partial charge on any atom is -0.314 e. The van der Waals surface area contributed by atoms with Gasteiger partial charge < -0.3 is 5.32 Å². The Morgan fingerprint density at radius 3 is 2.36 bits per heavy atom. The average Bonchev–Trinajstić information content (AvgIpc) is 2.48. The van der Waals surface area contributed by atoms with Gasteiger partial charge in [-0.15, -0.1) is 0 Å². The van der Waals surface area contributed by atoms with Gasteiger partial charge in [-0.1, -0.05) is 38.1 Å². The van der Waals surface area contributed by atoms with Crippen molar-refractivity contribution in [2.45, 2.75) is 44.8 Å². The Labute approximate surface area is 130 Å². The second-order valence-electron chi connectivity index (χ2n) is 6.28. The van der Waals surface area contributed by atoms with E-state index >= 15 is 0 Å². The molecule has 0 aromatic heterocycles. The number of rotatable bonds is 5. The first kappa shape index (κ1) is 17.3. The first-order chi connectivity index (χ1) is 10.4. The standard InChI is InChI=1S/C17H25F3N2/c1-13(2)14-4-3-5-15(12-14)16(6-7-17(18,19)20)22-10-8-21-9-11-22/h3-5,12-13,16,21H,6-11H2,1-2H3/t16-/m0/s1. The van der Waals surface area contributed by atoms with Crippen molar-refractivity contribution in [1.29, 1.82) is 0 Å². The predicted molar refractivity (Wildman–Crippen MR) is 83.0 cm³/mol. The van der Waals surface area contributed by atoms with E-state index in [1.54, 1.807) is 0 Å². The molecule has 2 rings (SSSR count). The molecule has 0 aliphatic carbocycles. The predicted octanol–water partition coefficient (Wildman–Crippen LogP) is 4.10. The van der Waals surface area contributed by atoms with Gasteiger partial charge in [0, 0.05) is 38.6 Å². The lowest BCUT2D eigenvalue weighted by Crippen LogP contribution is -2.45. The Balaban J connectivity index is 2.20. The Morgan fingerprint density at radius 1 is 1.14 bits per heavy atom. The minimum atomic E-state index is -4.10. The number of halogens is 3. The van der Waals surface area contributed by atoms with Crippen LogP contribution < -0.4 is 5.32 Å². The third-order valence-corrected chi connectivity index (χ3v) is 4.26. The van der Waals surface area contributed by atoms with E-state index in [4.69, 9.17) is 0 Å². The highest BCUT2D eigenvalue weighted by Crippen LogP contribution is 2.32. The van der Waals surface area contributed by atoms with Gasteiger partial charge in [-0.25, -0.2) is 0 Å². The normalized spacial score (nSPS) is 18.6. The second kappa shape index (κ2) is 7.47. The molecule has 1 heterocycles. The molecule has 0 spiro atoms. The highest BCUT2D eigenvalue weighted by molar-refractivity contribution is 5.28. The molecule has 2 nitrogen and oxygen atoms in total. The van der Waals surface area contributed by atoms with Crippen molar-refractivity contribution in [1.82, 2.24) is 10.2 Å². The molecule has 1 atom stereocenters. The quantitative estimate of drug-likeness (QED) is 0.880. The molecular weight excluding hydrogens is 289 g/mol. The Kier molecular flexibility index (Phi) is 5.87. The fraction of sp³-hybridized carbons (Fsp3) is 0.647. The van der Waals surface area contributed by atoms with Crippen molar-refractivity contribution in [3.05, 3.63) is 35.4 Å². The summed E-state index contributed by atoms with van der Waals surface area (Å²) >= 11 is 0. The molecule has 1 N–H and O–H groups in total. The van der Waals surface area contributed by atoms with Gasteiger partial charge in [-0.3, -0.25) is 4.90 Å². The van der Waals surface area contributed by atoms with Crippen LogP contribution in [0, 0.1) is 0 Å². The molecule has 5 heteroatoms. The zero-order valence-corrected chi connectivity index (χ0v) is 13.3. The smallest absolute Gasteiger partial charge is 0.314 e. The zero-order valence-electron chi connectivity index (χ0n) is 13.3. The summed E-state index contributed by atoms with van der Waals surface area (Å²) in [5.41, 5.74) is 2.20. The number of nitrogens with zero attached hydrogens (tertiary/aromatic N) is 1. The summed E-state index contributed by atoms with van der Waals surface area (Å²) in [6, 6.07) is 7.91. The number of nitrogens with one attached hydrogen (secondary N) is 1. The SMILES string of the molecule is CC(C)c1cccc([C@H](CCC(F)(F)F)N2CCNCC2)c1. The Morgan fingerprint density at radius 2 is 1.77 bits per heavy atom. The van der Waals surface area contributed by atoms with Crippen LogP contribution in [-0.4, -0.2) is 37.3 Å². The van der Waals surface area contributed by atoms with E-state index < -0.39 is 12.6 Å². The molecule has 0 amide bonds. The van der Waals surface area contributed by atoms with E-state index in [1.165, 1.54) is 5.56 Å². The van der Waals surface area contributed by atoms with Crippen LogP contribution >= 0.6 is 0 Å². The summed E-state index contributed by atoms with van der Waals surface area (Å²) in [6.07, 6.45) is -4.69. The second-order valence-corrected chi connectivity index (χ2v) is 6.28. The molecule has 1 aliphatic heterocycles. The number of piperazine rings is 1. The lowest BCUT2D eigenvalue weighted by atomic mass is 9.94. The summed E-state index contributed by atoms with van der Waals surface area (Å²) in [4.78, 5) is 2.18. The lowest BCUT2D eigenvalue weighted by Gasteiger charge is -2.35. The molecular formula is C17H25F3N2. The van der Waals surface area contributed by atoms with E-state index in [-0.39, 0.29) is 12.5 Å². The van der Waals surface area contributed by atoms with Crippen molar-refractivity contribution in [2.24, 2.45) is 0 Å². The van der Waals surface area contributed by atoms with Crippen LogP contribution in [0.25, 0.3) is 0 Å². The summed E-state index contributed by atoms with van der Waals surface area (Å²) in [7, 11) is 0. The lowest BCUT2D eigenvalue weighted by molar-refractivity contribution is -0.138. The molecule has 1 aromatic rings. The van der Waals surface area contributed by atoms with Crippen molar-refractivity contribution in [3.8, 4) is 0 Å². The van der Waals surface area contributed by atoms with Crippen molar-refractivity contribution in [2.75, 3.05) is 26.2 Å². The molecule has 0 radical (unpaired) electrons. The fourth-order valence-electron chi connectivity index (χ4n) is 2.98. The van der Waals surface area contributed by atoms with Gasteiger partial charge in [0.1, 0.15) is 0 Å². The van der Waals surface area contributed by atoms with Gasteiger partial charge in [0.15, 0.2) is 0 Å². The van der Waals surface area contributed by atoms with Crippen LogP contribution in [0.2, 0.25) is 0 Å². The first-order valence-corrected chi connectivity index (χ1v) is 7.98. The van der Waals surface area contributed by atoms with Gasteiger partial charge in [0.25, 0.3) is 0 Å². The Bertz CT molecular complexity index is 465. The first-order valence-electron chi connectivity index (χ1n) is 7.98. The topological polar surface area (TPSA) is 15.3 Å². The molecule has 124 valence electrons. The highest BCUT2D eigenvalue weighted by Gasteiger charge is 2.31. The van der Waals surface area contributed by atoms with Crippen molar-refractivity contribution in [3.63, 3.8) is 0 Å². The third kappa shape index (κ3) is 4.99. The maximum atomic E-state index is 12.7. The molecule has 1 aromatic carbocycles. The summed E-state index contributed by atoms with van der Waals surface area (Å²) in [5, 5.41) is 3.26. The van der Waals surface area contributed by atoms with E-state index in [1.807, 2.05) is 18.2 Å². The van der Waals surface area contributed by atoms with Gasteiger partial charge in [0.05, 0.1) is 0 Å². The third-order valence-electron chi connectivity index (χ3n) is 4.26. The molecule has 0 unspecified atom stereocenters. The minimum absolute atomic E-state index is 0.130. The van der Waals surface area contributed by atoms with Crippen molar-refractivity contribution >= 4 is 0 Å². The van der Waals surface area contributed by atoms with Gasteiger partial charge in [0.2, 0.25) is 0 Å². The van der Waals surface area contributed by atoms with Crippen LogP contribution in [0.3, 0.4) is 0 Å². The monoisotopic (exact) mass is 314 g/mol. The average molecular weight is 314 g/mol. The largest absolute Gasteiger partial charge is 0.389 e. The van der Waals surface area contributed by atoms with Crippen LogP contribution in [0.5, 0.6) is 0 Å². The molecule has 1 fully saturated rings. The Hall–Kier alpha value is -1.07. The molecule has 0 saturated carbocycles.